The van der Waals surface area contributed by atoms with Crippen molar-refractivity contribution in [2.24, 2.45) is 0 Å². The molecule has 0 aliphatic rings. The highest BCUT2D eigenvalue weighted by Crippen LogP contribution is 2.08. The summed E-state index contributed by atoms with van der Waals surface area (Å²) in [7, 11) is 0. The van der Waals surface area contributed by atoms with Crippen molar-refractivity contribution in [3.8, 4) is 0 Å². The van der Waals surface area contributed by atoms with Gasteiger partial charge in [0.1, 0.15) is 0 Å². The molecule has 3 heteroatoms. The van der Waals surface area contributed by atoms with E-state index in [-0.39, 0.29) is 17.2 Å². The van der Waals surface area contributed by atoms with Crippen LogP contribution in [0.5, 0.6) is 0 Å². The van der Waals surface area contributed by atoms with Crippen molar-refractivity contribution in [1.82, 2.24) is 5.32 Å². The third-order valence-electron chi connectivity index (χ3n) is 2.91. The van der Waals surface area contributed by atoms with Crippen LogP contribution < -0.4 is 5.32 Å². The monoisotopic (exact) mass is 251 g/mol. The highest BCUT2D eigenvalue weighted by molar-refractivity contribution is 7.81. The number of carbonyl (C=O) groups is 1. The molecule has 0 spiro atoms. The lowest BCUT2D eigenvalue weighted by molar-refractivity contribution is -0.121. The van der Waals surface area contributed by atoms with Crippen LogP contribution in [0.15, 0.2) is 30.3 Å². The van der Waals surface area contributed by atoms with Crippen LogP contribution in [0.3, 0.4) is 0 Å². The Hall–Kier alpha value is -0.960. The molecule has 0 aliphatic carbocycles. The highest BCUT2D eigenvalue weighted by Gasteiger charge is 2.16. The van der Waals surface area contributed by atoms with Gasteiger partial charge in [-0.25, -0.2) is 0 Å². The minimum atomic E-state index is -0.266. The van der Waals surface area contributed by atoms with Gasteiger partial charge in [-0.3, -0.25) is 4.79 Å². The van der Waals surface area contributed by atoms with E-state index in [0.29, 0.717) is 6.42 Å². The Morgan fingerprint density at radius 1 is 1.24 bits per heavy atom. The third-order valence-corrected chi connectivity index (χ3v) is 3.32. The summed E-state index contributed by atoms with van der Waals surface area (Å²) >= 11 is 4.38. The van der Waals surface area contributed by atoms with Crippen LogP contribution in [0, 0.1) is 0 Å². The number of thiol groups is 1. The second-order valence-electron chi connectivity index (χ2n) is 4.23. The number of benzene rings is 1. The summed E-state index contributed by atoms with van der Waals surface area (Å²) in [4.78, 5) is 11.9. The Morgan fingerprint density at radius 2 is 1.82 bits per heavy atom. The van der Waals surface area contributed by atoms with E-state index in [9.17, 15) is 4.79 Å². The van der Waals surface area contributed by atoms with Gasteiger partial charge in [0.25, 0.3) is 0 Å². The van der Waals surface area contributed by atoms with E-state index in [1.165, 1.54) is 0 Å². The van der Waals surface area contributed by atoms with Crippen molar-refractivity contribution in [3.63, 3.8) is 0 Å². The average molecular weight is 251 g/mol. The average Bonchev–Trinajstić information content (AvgIpc) is 2.36. The number of nitrogens with one attached hydrogen (secondary N) is 1. The molecule has 94 valence electrons. The van der Waals surface area contributed by atoms with Gasteiger partial charge in [0.2, 0.25) is 5.91 Å². The van der Waals surface area contributed by atoms with Gasteiger partial charge in [0, 0.05) is 6.04 Å². The van der Waals surface area contributed by atoms with Gasteiger partial charge in [-0.15, -0.1) is 0 Å². The fraction of sp³-hybridized carbons (Fsp3) is 0.500. The molecule has 0 aromatic heterocycles. The predicted molar refractivity (Wildman–Crippen MR) is 75.4 cm³/mol. The summed E-state index contributed by atoms with van der Waals surface area (Å²) < 4.78 is 0. The van der Waals surface area contributed by atoms with E-state index in [0.717, 1.165) is 18.4 Å². The Kier molecular flexibility index (Phi) is 6.12. The molecule has 1 aromatic rings. The minimum absolute atomic E-state index is 0.0332. The Balaban J connectivity index is 2.47. The van der Waals surface area contributed by atoms with Gasteiger partial charge >= 0.3 is 0 Å². The van der Waals surface area contributed by atoms with E-state index in [1.54, 1.807) is 0 Å². The fourth-order valence-electron chi connectivity index (χ4n) is 1.72. The van der Waals surface area contributed by atoms with E-state index < -0.39 is 0 Å². The van der Waals surface area contributed by atoms with Crippen molar-refractivity contribution >= 4 is 18.5 Å². The number of amides is 1. The smallest absolute Gasteiger partial charge is 0.233 e. The first-order chi connectivity index (χ1) is 8.17. The number of hydrogen-bond donors (Lipinski definition) is 2. The second kappa shape index (κ2) is 7.38. The topological polar surface area (TPSA) is 29.1 Å². The second-order valence-corrected chi connectivity index (χ2v) is 4.85. The summed E-state index contributed by atoms with van der Waals surface area (Å²) in [6.45, 7) is 4.17. The molecule has 0 bridgehead atoms. The summed E-state index contributed by atoms with van der Waals surface area (Å²) in [5, 5.41) is 2.76. The Labute approximate surface area is 109 Å². The molecule has 0 aliphatic heterocycles. The molecule has 0 saturated heterocycles. The summed E-state index contributed by atoms with van der Waals surface area (Å²) in [5.41, 5.74) is 1.15. The molecule has 1 amide bonds. The van der Waals surface area contributed by atoms with Crippen molar-refractivity contribution in [2.45, 2.75) is 44.4 Å². The van der Waals surface area contributed by atoms with E-state index >= 15 is 0 Å². The van der Waals surface area contributed by atoms with Crippen molar-refractivity contribution in [1.29, 1.82) is 0 Å². The SMILES string of the molecule is CCC(CC)NC(=O)C(S)Cc1ccccc1. The van der Waals surface area contributed by atoms with Crippen molar-refractivity contribution in [3.05, 3.63) is 35.9 Å². The zero-order valence-corrected chi connectivity index (χ0v) is 11.4. The fourth-order valence-corrected chi connectivity index (χ4v) is 2.01. The standard InChI is InChI=1S/C14H21NOS/c1-3-12(4-2)15-14(16)13(17)10-11-8-6-5-7-9-11/h5-9,12-13,17H,3-4,10H2,1-2H3,(H,15,16). The van der Waals surface area contributed by atoms with Gasteiger partial charge in [-0.1, -0.05) is 44.2 Å². The first-order valence-electron chi connectivity index (χ1n) is 6.19. The van der Waals surface area contributed by atoms with Gasteiger partial charge in [0.05, 0.1) is 5.25 Å². The van der Waals surface area contributed by atoms with Gasteiger partial charge in [-0.05, 0) is 24.8 Å². The molecule has 17 heavy (non-hydrogen) atoms. The van der Waals surface area contributed by atoms with Crippen LogP contribution in [-0.4, -0.2) is 17.2 Å². The predicted octanol–water partition coefficient (Wildman–Crippen LogP) is 2.83. The Morgan fingerprint density at radius 3 is 2.35 bits per heavy atom. The first kappa shape index (κ1) is 14.1. The molecule has 0 radical (unpaired) electrons. The molecule has 1 aromatic carbocycles. The van der Waals surface area contributed by atoms with E-state index in [2.05, 4.69) is 31.8 Å². The number of rotatable bonds is 6. The third kappa shape index (κ3) is 4.82. The minimum Gasteiger partial charge on any atom is -0.352 e. The van der Waals surface area contributed by atoms with E-state index in [4.69, 9.17) is 0 Å². The molecular weight excluding hydrogens is 230 g/mol. The molecule has 0 fully saturated rings. The summed E-state index contributed by atoms with van der Waals surface area (Å²) in [6, 6.07) is 10.2. The van der Waals surface area contributed by atoms with Crippen LogP contribution in [0.25, 0.3) is 0 Å². The van der Waals surface area contributed by atoms with Crippen LogP contribution in [0.4, 0.5) is 0 Å². The molecule has 1 rings (SSSR count). The number of carbonyl (C=O) groups excluding carboxylic acids is 1. The maximum atomic E-state index is 11.9. The Bertz CT molecular complexity index is 335. The lowest BCUT2D eigenvalue weighted by Gasteiger charge is -2.18. The molecule has 0 heterocycles. The number of hydrogen-bond acceptors (Lipinski definition) is 2. The first-order valence-corrected chi connectivity index (χ1v) is 6.71. The zero-order valence-electron chi connectivity index (χ0n) is 10.5. The van der Waals surface area contributed by atoms with Gasteiger partial charge in [-0.2, -0.15) is 12.6 Å². The van der Waals surface area contributed by atoms with Crippen molar-refractivity contribution in [2.75, 3.05) is 0 Å². The van der Waals surface area contributed by atoms with Crippen LogP contribution in [0.1, 0.15) is 32.3 Å². The molecular formula is C14H21NOS. The van der Waals surface area contributed by atoms with Crippen LogP contribution in [-0.2, 0) is 11.2 Å². The molecule has 0 saturated carbocycles. The van der Waals surface area contributed by atoms with Gasteiger partial charge in [0.15, 0.2) is 0 Å². The highest BCUT2D eigenvalue weighted by atomic mass is 32.1. The summed E-state index contributed by atoms with van der Waals surface area (Å²) in [6.07, 6.45) is 2.61. The molecule has 1 N–H and O–H groups in total. The van der Waals surface area contributed by atoms with E-state index in [1.807, 2.05) is 30.3 Å². The van der Waals surface area contributed by atoms with Crippen LogP contribution in [0.2, 0.25) is 0 Å². The maximum Gasteiger partial charge on any atom is 0.233 e. The largest absolute Gasteiger partial charge is 0.352 e. The zero-order chi connectivity index (χ0) is 12.7. The summed E-state index contributed by atoms with van der Waals surface area (Å²) in [5.74, 6) is 0.0332. The van der Waals surface area contributed by atoms with Crippen LogP contribution >= 0.6 is 12.6 Å². The lowest BCUT2D eigenvalue weighted by Crippen LogP contribution is -2.39. The lowest BCUT2D eigenvalue weighted by atomic mass is 10.1. The quantitative estimate of drug-likeness (QED) is 0.748. The maximum absolute atomic E-state index is 11.9. The molecule has 2 nitrogen and oxygen atoms in total. The normalized spacial score (nSPS) is 12.5. The van der Waals surface area contributed by atoms with Crippen molar-refractivity contribution < 1.29 is 4.79 Å². The van der Waals surface area contributed by atoms with Gasteiger partial charge < -0.3 is 5.32 Å². The molecule has 1 unspecified atom stereocenters. The molecule has 1 atom stereocenters.